The molecular weight excluding hydrogens is 311 g/mol. The molecule has 0 fully saturated rings. The van der Waals surface area contributed by atoms with Crippen molar-refractivity contribution < 1.29 is 18.7 Å². The van der Waals surface area contributed by atoms with E-state index in [2.05, 4.69) is 10.9 Å². The Bertz CT molecular complexity index is 719. The molecule has 2 rings (SSSR count). The summed E-state index contributed by atoms with van der Waals surface area (Å²) in [5.41, 5.74) is 5.42. The fourth-order valence-electron chi connectivity index (χ4n) is 2.03. The Hall–Kier alpha value is -2.89. The minimum absolute atomic E-state index is 0.124. The molecule has 0 saturated heterocycles. The predicted molar refractivity (Wildman–Crippen MR) is 87.9 cm³/mol. The lowest BCUT2D eigenvalue weighted by molar-refractivity contribution is -0.122. The summed E-state index contributed by atoms with van der Waals surface area (Å²) in [5, 5.41) is 0. The Morgan fingerprint density at radius 2 is 1.88 bits per heavy atom. The maximum atomic E-state index is 13.4. The molecule has 2 aromatic carbocycles. The van der Waals surface area contributed by atoms with Crippen molar-refractivity contribution in [2.24, 2.45) is 0 Å². The lowest BCUT2D eigenvalue weighted by Crippen LogP contribution is -2.41. The first-order valence-electron chi connectivity index (χ1n) is 7.59. The van der Waals surface area contributed by atoms with Crippen molar-refractivity contribution in [2.45, 2.75) is 19.8 Å². The zero-order valence-corrected chi connectivity index (χ0v) is 13.3. The molecule has 5 nitrogen and oxygen atoms in total. The van der Waals surface area contributed by atoms with Gasteiger partial charge in [0.25, 0.3) is 5.91 Å². The first kappa shape index (κ1) is 17.5. The molecule has 2 aromatic rings. The topological polar surface area (TPSA) is 67.4 Å². The Kier molecular flexibility index (Phi) is 6.31. The maximum absolute atomic E-state index is 13.4. The lowest BCUT2D eigenvalue weighted by atomic mass is 10.2. The number of hydrogen-bond donors (Lipinski definition) is 2. The minimum atomic E-state index is -0.697. The molecular formula is C18H19FN2O3. The Balaban J connectivity index is 1.66. The summed E-state index contributed by atoms with van der Waals surface area (Å²) in [6.45, 7) is 2.36. The molecule has 0 aliphatic carbocycles. The van der Waals surface area contributed by atoms with Gasteiger partial charge in [-0.2, -0.15) is 0 Å². The van der Waals surface area contributed by atoms with Crippen molar-refractivity contribution in [2.75, 3.05) is 6.61 Å². The van der Waals surface area contributed by atoms with Crippen molar-refractivity contribution in [1.29, 1.82) is 0 Å². The average Bonchev–Trinajstić information content (AvgIpc) is 2.57. The van der Waals surface area contributed by atoms with Gasteiger partial charge >= 0.3 is 0 Å². The Morgan fingerprint density at radius 1 is 1.08 bits per heavy atom. The molecule has 0 aromatic heterocycles. The van der Waals surface area contributed by atoms with Crippen LogP contribution in [0.25, 0.3) is 0 Å². The number of ether oxygens (including phenoxy) is 1. The van der Waals surface area contributed by atoms with Crippen LogP contribution >= 0.6 is 0 Å². The first-order valence-corrected chi connectivity index (χ1v) is 7.59. The molecule has 0 atom stereocenters. The molecule has 2 N–H and O–H groups in total. The molecule has 24 heavy (non-hydrogen) atoms. The van der Waals surface area contributed by atoms with Crippen LogP contribution in [-0.4, -0.2) is 18.4 Å². The summed E-state index contributed by atoms with van der Waals surface area (Å²) >= 11 is 0. The number of halogens is 1. The van der Waals surface area contributed by atoms with Crippen molar-refractivity contribution in [3.8, 4) is 5.75 Å². The quantitative estimate of drug-likeness (QED) is 0.632. The van der Waals surface area contributed by atoms with E-state index in [1.807, 2.05) is 31.2 Å². The van der Waals surface area contributed by atoms with Gasteiger partial charge in [0.2, 0.25) is 5.91 Å². The molecule has 0 heterocycles. The largest absolute Gasteiger partial charge is 0.494 e. The van der Waals surface area contributed by atoms with Crippen molar-refractivity contribution >= 4 is 11.8 Å². The molecule has 0 aliphatic heterocycles. The van der Waals surface area contributed by atoms with E-state index < -0.39 is 11.7 Å². The van der Waals surface area contributed by atoms with Gasteiger partial charge in [-0.3, -0.25) is 20.4 Å². The number of nitrogens with one attached hydrogen (secondary N) is 2. The summed E-state index contributed by atoms with van der Waals surface area (Å²) in [4.78, 5) is 23.4. The highest BCUT2D eigenvalue weighted by atomic mass is 19.1. The van der Waals surface area contributed by atoms with Gasteiger partial charge in [-0.25, -0.2) is 4.39 Å². The van der Waals surface area contributed by atoms with E-state index in [0.717, 1.165) is 11.3 Å². The zero-order valence-electron chi connectivity index (χ0n) is 13.3. The lowest BCUT2D eigenvalue weighted by Gasteiger charge is -2.09. The second-order valence-electron chi connectivity index (χ2n) is 5.25. The van der Waals surface area contributed by atoms with Crippen LogP contribution in [0.5, 0.6) is 5.75 Å². The number of rotatable bonds is 6. The van der Waals surface area contributed by atoms with E-state index in [1.54, 1.807) is 6.07 Å². The molecule has 0 saturated carbocycles. The highest BCUT2D eigenvalue weighted by Gasteiger charge is 2.11. The van der Waals surface area contributed by atoms with Gasteiger partial charge in [0.05, 0.1) is 12.2 Å². The fourth-order valence-corrected chi connectivity index (χ4v) is 2.03. The molecule has 0 spiro atoms. The third-order valence-corrected chi connectivity index (χ3v) is 3.24. The molecule has 126 valence electrons. The van der Waals surface area contributed by atoms with E-state index >= 15 is 0 Å². The fraction of sp³-hybridized carbons (Fsp3) is 0.222. The number of aryl methyl sites for hydroxylation is 1. The minimum Gasteiger partial charge on any atom is -0.494 e. The third kappa shape index (κ3) is 5.39. The molecule has 0 radical (unpaired) electrons. The number of hydrogen-bond acceptors (Lipinski definition) is 3. The average molecular weight is 330 g/mol. The van der Waals surface area contributed by atoms with Gasteiger partial charge in [0, 0.05) is 6.42 Å². The van der Waals surface area contributed by atoms with Gasteiger partial charge in [-0.15, -0.1) is 0 Å². The van der Waals surface area contributed by atoms with Crippen molar-refractivity contribution in [3.63, 3.8) is 0 Å². The predicted octanol–water partition coefficient (Wildman–Crippen LogP) is 2.75. The number of benzene rings is 2. The molecule has 2 amide bonds. The van der Waals surface area contributed by atoms with Gasteiger partial charge < -0.3 is 4.74 Å². The summed E-state index contributed by atoms with van der Waals surface area (Å²) in [7, 11) is 0. The van der Waals surface area contributed by atoms with E-state index in [9.17, 15) is 14.0 Å². The summed E-state index contributed by atoms with van der Waals surface area (Å²) in [6.07, 6.45) is 0.679. The Morgan fingerprint density at radius 3 is 2.62 bits per heavy atom. The normalized spacial score (nSPS) is 10.1. The number of hydrazine groups is 1. The van der Waals surface area contributed by atoms with Crippen LogP contribution in [0.2, 0.25) is 0 Å². The Labute approximate surface area is 139 Å². The number of carbonyl (C=O) groups is 2. The van der Waals surface area contributed by atoms with Gasteiger partial charge in [-0.05, 0) is 43.2 Å². The summed E-state index contributed by atoms with van der Waals surface area (Å²) in [5.74, 6) is -0.955. The van der Waals surface area contributed by atoms with Crippen molar-refractivity contribution in [1.82, 2.24) is 10.9 Å². The highest BCUT2D eigenvalue weighted by molar-refractivity contribution is 5.95. The summed E-state index contributed by atoms with van der Waals surface area (Å²) in [6, 6.07) is 13.2. The number of amides is 2. The van der Waals surface area contributed by atoms with Crippen molar-refractivity contribution in [3.05, 3.63) is 65.5 Å². The van der Waals surface area contributed by atoms with Crippen LogP contribution in [0.1, 0.15) is 28.8 Å². The standard InChI is InChI=1S/C18H19FN2O3/c1-13-6-4-7-14(12-13)24-11-5-10-17(22)20-21-18(23)15-8-2-3-9-16(15)19/h2-4,6-9,12H,5,10-11H2,1H3,(H,20,22)(H,21,23). The summed E-state index contributed by atoms with van der Waals surface area (Å²) < 4.78 is 18.9. The van der Waals surface area contributed by atoms with E-state index in [-0.39, 0.29) is 17.9 Å². The third-order valence-electron chi connectivity index (χ3n) is 3.24. The molecule has 0 unspecified atom stereocenters. The van der Waals surface area contributed by atoms with Crippen LogP contribution in [0.15, 0.2) is 48.5 Å². The molecule has 0 bridgehead atoms. The first-order chi connectivity index (χ1) is 11.6. The second-order valence-corrected chi connectivity index (χ2v) is 5.25. The van der Waals surface area contributed by atoms with Gasteiger partial charge in [0.15, 0.2) is 0 Å². The zero-order chi connectivity index (χ0) is 17.4. The van der Waals surface area contributed by atoms with Crippen LogP contribution in [0.3, 0.4) is 0 Å². The van der Waals surface area contributed by atoms with Crippen LogP contribution in [0, 0.1) is 12.7 Å². The highest BCUT2D eigenvalue weighted by Crippen LogP contribution is 2.12. The van der Waals surface area contributed by atoms with Crippen LogP contribution in [-0.2, 0) is 4.79 Å². The van der Waals surface area contributed by atoms with Crippen LogP contribution < -0.4 is 15.6 Å². The maximum Gasteiger partial charge on any atom is 0.272 e. The van der Waals surface area contributed by atoms with Crippen LogP contribution in [0.4, 0.5) is 4.39 Å². The van der Waals surface area contributed by atoms with Gasteiger partial charge in [0.1, 0.15) is 11.6 Å². The number of carbonyl (C=O) groups excluding carboxylic acids is 2. The van der Waals surface area contributed by atoms with Gasteiger partial charge in [-0.1, -0.05) is 24.3 Å². The van der Waals surface area contributed by atoms with E-state index in [1.165, 1.54) is 18.2 Å². The monoisotopic (exact) mass is 330 g/mol. The second kappa shape index (κ2) is 8.67. The molecule has 6 heteroatoms. The SMILES string of the molecule is Cc1cccc(OCCCC(=O)NNC(=O)c2ccccc2F)c1. The van der Waals surface area contributed by atoms with E-state index in [0.29, 0.717) is 13.0 Å². The molecule has 0 aliphatic rings. The van der Waals surface area contributed by atoms with E-state index in [4.69, 9.17) is 4.74 Å². The smallest absolute Gasteiger partial charge is 0.272 e.